The average Bonchev–Trinajstić information content (AvgIpc) is 2.37. The summed E-state index contributed by atoms with van der Waals surface area (Å²) in [4.78, 5) is 12.3. The van der Waals surface area contributed by atoms with Gasteiger partial charge in [-0.05, 0) is 44.0 Å². The first-order valence-corrected chi connectivity index (χ1v) is 6.85. The lowest BCUT2D eigenvalue weighted by molar-refractivity contribution is -0.134. The van der Waals surface area contributed by atoms with Crippen LogP contribution in [-0.4, -0.2) is 17.6 Å². The van der Waals surface area contributed by atoms with E-state index in [1.54, 1.807) is 38.1 Å². The Morgan fingerprint density at radius 3 is 2.35 bits per heavy atom. The molecule has 0 aromatic heterocycles. The van der Waals surface area contributed by atoms with E-state index in [0.29, 0.717) is 10.8 Å². The maximum Gasteiger partial charge on any atom is 0.264 e. The molecule has 1 amide bonds. The van der Waals surface area contributed by atoms with Gasteiger partial charge in [-0.1, -0.05) is 31.4 Å². The molecule has 1 N–H and O–H groups in total. The van der Waals surface area contributed by atoms with Gasteiger partial charge in [0.25, 0.3) is 5.91 Å². The molecule has 20 heavy (non-hydrogen) atoms. The molecular formula is C16H20ClNO2. The number of amides is 1. The van der Waals surface area contributed by atoms with E-state index in [1.165, 1.54) is 0 Å². The van der Waals surface area contributed by atoms with Crippen molar-refractivity contribution >= 4 is 17.5 Å². The third kappa shape index (κ3) is 4.47. The zero-order valence-corrected chi connectivity index (χ0v) is 13.0. The average molecular weight is 294 g/mol. The fourth-order valence-electron chi connectivity index (χ4n) is 1.56. The van der Waals surface area contributed by atoms with Crippen LogP contribution in [0, 0.1) is 18.3 Å². The Hall–Kier alpha value is -1.66. The lowest BCUT2D eigenvalue weighted by atomic mass is 10.0. The van der Waals surface area contributed by atoms with Crippen LogP contribution in [0.5, 0.6) is 5.75 Å². The van der Waals surface area contributed by atoms with Crippen molar-refractivity contribution in [2.24, 2.45) is 5.92 Å². The SMILES string of the molecule is C#C[C@@H](NC(=O)C(C)(C)Oc1ccc(Cl)cc1)C(C)C. The van der Waals surface area contributed by atoms with Crippen molar-refractivity contribution in [2.45, 2.75) is 39.3 Å². The Morgan fingerprint density at radius 2 is 1.90 bits per heavy atom. The van der Waals surface area contributed by atoms with Crippen molar-refractivity contribution in [2.75, 3.05) is 0 Å². The smallest absolute Gasteiger partial charge is 0.264 e. The molecule has 4 heteroatoms. The summed E-state index contributed by atoms with van der Waals surface area (Å²) in [5.74, 6) is 3.07. The molecule has 0 fully saturated rings. The second-order valence-corrected chi connectivity index (χ2v) is 5.86. The van der Waals surface area contributed by atoms with Gasteiger partial charge in [-0.15, -0.1) is 6.42 Å². The third-order valence-corrected chi connectivity index (χ3v) is 3.12. The van der Waals surface area contributed by atoms with E-state index in [-0.39, 0.29) is 17.9 Å². The van der Waals surface area contributed by atoms with Crippen LogP contribution in [0.25, 0.3) is 0 Å². The van der Waals surface area contributed by atoms with Gasteiger partial charge in [-0.2, -0.15) is 0 Å². The van der Waals surface area contributed by atoms with Crippen LogP contribution in [0.2, 0.25) is 5.02 Å². The number of nitrogens with one attached hydrogen (secondary N) is 1. The fourth-order valence-corrected chi connectivity index (χ4v) is 1.69. The van der Waals surface area contributed by atoms with Crippen molar-refractivity contribution in [3.63, 3.8) is 0 Å². The van der Waals surface area contributed by atoms with Crippen LogP contribution >= 0.6 is 11.6 Å². The van der Waals surface area contributed by atoms with Gasteiger partial charge < -0.3 is 10.1 Å². The number of ether oxygens (including phenoxy) is 1. The summed E-state index contributed by atoms with van der Waals surface area (Å²) >= 11 is 5.81. The van der Waals surface area contributed by atoms with Crippen molar-refractivity contribution < 1.29 is 9.53 Å². The predicted molar refractivity (Wildman–Crippen MR) is 81.8 cm³/mol. The van der Waals surface area contributed by atoms with Crippen LogP contribution in [0.15, 0.2) is 24.3 Å². The van der Waals surface area contributed by atoms with Gasteiger partial charge in [-0.25, -0.2) is 0 Å². The molecule has 0 heterocycles. The van der Waals surface area contributed by atoms with Crippen molar-refractivity contribution in [3.8, 4) is 18.1 Å². The first kappa shape index (κ1) is 16.4. The van der Waals surface area contributed by atoms with E-state index in [2.05, 4.69) is 11.2 Å². The van der Waals surface area contributed by atoms with Crippen LogP contribution in [-0.2, 0) is 4.79 Å². The third-order valence-electron chi connectivity index (χ3n) is 2.87. The van der Waals surface area contributed by atoms with E-state index in [1.807, 2.05) is 13.8 Å². The topological polar surface area (TPSA) is 38.3 Å². The van der Waals surface area contributed by atoms with Crippen LogP contribution < -0.4 is 10.1 Å². The minimum atomic E-state index is -1.02. The number of halogens is 1. The van der Waals surface area contributed by atoms with Gasteiger partial charge in [0.05, 0.1) is 6.04 Å². The number of terminal acetylenes is 1. The summed E-state index contributed by atoms with van der Waals surface area (Å²) in [6.07, 6.45) is 5.41. The molecule has 0 unspecified atom stereocenters. The normalized spacial score (nSPS) is 12.7. The number of carbonyl (C=O) groups is 1. The van der Waals surface area contributed by atoms with Crippen molar-refractivity contribution in [1.82, 2.24) is 5.32 Å². The molecule has 0 radical (unpaired) electrons. The molecule has 3 nitrogen and oxygen atoms in total. The minimum Gasteiger partial charge on any atom is -0.478 e. The van der Waals surface area contributed by atoms with E-state index in [9.17, 15) is 4.79 Å². The van der Waals surface area contributed by atoms with E-state index >= 15 is 0 Å². The molecule has 0 saturated heterocycles. The second kappa shape index (κ2) is 6.67. The summed E-state index contributed by atoms with van der Waals surface area (Å²) in [5, 5.41) is 3.43. The first-order valence-electron chi connectivity index (χ1n) is 6.48. The number of hydrogen-bond acceptors (Lipinski definition) is 2. The molecule has 0 aliphatic heterocycles. The van der Waals surface area contributed by atoms with Crippen LogP contribution in [0.1, 0.15) is 27.7 Å². The van der Waals surface area contributed by atoms with Gasteiger partial charge in [0.1, 0.15) is 5.75 Å². The molecule has 0 aliphatic carbocycles. The number of hydrogen-bond donors (Lipinski definition) is 1. The minimum absolute atomic E-state index is 0.162. The highest BCUT2D eigenvalue weighted by Crippen LogP contribution is 2.21. The Morgan fingerprint density at radius 1 is 1.35 bits per heavy atom. The molecule has 1 aromatic rings. The summed E-state index contributed by atoms with van der Waals surface area (Å²) in [6, 6.07) is 6.55. The van der Waals surface area contributed by atoms with Crippen LogP contribution in [0.3, 0.4) is 0 Å². The molecule has 0 saturated carbocycles. The van der Waals surface area contributed by atoms with E-state index in [0.717, 1.165) is 0 Å². The molecule has 1 atom stereocenters. The molecule has 0 aliphatic rings. The number of rotatable bonds is 5. The molecule has 1 aromatic carbocycles. The van der Waals surface area contributed by atoms with Crippen LogP contribution in [0.4, 0.5) is 0 Å². The maximum atomic E-state index is 12.3. The first-order chi connectivity index (χ1) is 9.26. The second-order valence-electron chi connectivity index (χ2n) is 5.43. The molecular weight excluding hydrogens is 274 g/mol. The summed E-state index contributed by atoms with van der Waals surface area (Å²) in [6.45, 7) is 7.31. The quantitative estimate of drug-likeness (QED) is 0.846. The monoisotopic (exact) mass is 293 g/mol. The van der Waals surface area contributed by atoms with Crippen molar-refractivity contribution in [1.29, 1.82) is 0 Å². The molecule has 0 bridgehead atoms. The summed E-state index contributed by atoms with van der Waals surface area (Å²) in [7, 11) is 0. The maximum absolute atomic E-state index is 12.3. The molecule has 1 rings (SSSR count). The lowest BCUT2D eigenvalue weighted by Gasteiger charge is -2.28. The summed E-state index contributed by atoms with van der Waals surface area (Å²) in [5.41, 5.74) is -1.02. The highest BCUT2D eigenvalue weighted by Gasteiger charge is 2.31. The zero-order chi connectivity index (χ0) is 15.3. The fraction of sp³-hybridized carbons (Fsp3) is 0.438. The Balaban J connectivity index is 2.75. The lowest BCUT2D eigenvalue weighted by Crippen LogP contribution is -2.51. The zero-order valence-electron chi connectivity index (χ0n) is 12.2. The van der Waals surface area contributed by atoms with Gasteiger partial charge in [0.15, 0.2) is 5.60 Å². The van der Waals surface area contributed by atoms with Gasteiger partial charge in [0, 0.05) is 5.02 Å². The highest BCUT2D eigenvalue weighted by atomic mass is 35.5. The van der Waals surface area contributed by atoms with Crippen molar-refractivity contribution in [3.05, 3.63) is 29.3 Å². The molecule has 0 spiro atoms. The van der Waals surface area contributed by atoms with E-state index < -0.39 is 5.60 Å². The highest BCUT2D eigenvalue weighted by molar-refractivity contribution is 6.30. The van der Waals surface area contributed by atoms with E-state index in [4.69, 9.17) is 22.8 Å². The number of benzene rings is 1. The van der Waals surface area contributed by atoms with Gasteiger partial charge in [-0.3, -0.25) is 4.79 Å². The Labute approximate surface area is 125 Å². The van der Waals surface area contributed by atoms with Gasteiger partial charge >= 0.3 is 0 Å². The molecule has 108 valence electrons. The largest absolute Gasteiger partial charge is 0.478 e. The van der Waals surface area contributed by atoms with Gasteiger partial charge in [0.2, 0.25) is 0 Å². The Kier molecular flexibility index (Phi) is 5.47. The standard InChI is InChI=1S/C16H20ClNO2/c1-6-14(11(2)3)18-15(19)16(4,5)20-13-9-7-12(17)8-10-13/h1,7-11,14H,2-5H3,(H,18,19)/t14-/m1/s1. The Bertz CT molecular complexity index is 500. The predicted octanol–water partition coefficient (Wildman–Crippen LogP) is 3.27. The summed E-state index contributed by atoms with van der Waals surface area (Å²) < 4.78 is 5.70. The number of carbonyl (C=O) groups excluding carboxylic acids is 1.